The standard InChI is InChI=1S/C8H9N5O2S/c1-4-5(12-15-11-4)3-13-6(9)2-7(14)10-8(13)16/h2H,3,9H2,1H3,(H,10,14,16). The Morgan fingerprint density at radius 2 is 2.38 bits per heavy atom. The molecule has 7 nitrogen and oxygen atoms in total. The summed E-state index contributed by atoms with van der Waals surface area (Å²) < 4.78 is 6.35. The molecule has 0 atom stereocenters. The van der Waals surface area contributed by atoms with Crippen LogP contribution in [0, 0.1) is 11.7 Å². The zero-order valence-corrected chi connectivity index (χ0v) is 9.24. The van der Waals surface area contributed by atoms with Crippen molar-refractivity contribution in [3.05, 3.63) is 32.6 Å². The number of aromatic nitrogens is 4. The summed E-state index contributed by atoms with van der Waals surface area (Å²) in [4.78, 5) is 13.5. The van der Waals surface area contributed by atoms with Crippen LogP contribution in [0.15, 0.2) is 15.5 Å². The minimum Gasteiger partial charge on any atom is -0.385 e. The van der Waals surface area contributed by atoms with Crippen LogP contribution in [-0.2, 0) is 6.54 Å². The molecule has 16 heavy (non-hydrogen) atoms. The minimum absolute atomic E-state index is 0.243. The third-order valence-corrected chi connectivity index (χ3v) is 2.44. The van der Waals surface area contributed by atoms with E-state index in [1.54, 1.807) is 11.5 Å². The average molecular weight is 239 g/mol. The fraction of sp³-hybridized carbons (Fsp3) is 0.250. The summed E-state index contributed by atoms with van der Waals surface area (Å²) in [5.74, 6) is 0.274. The molecule has 84 valence electrons. The summed E-state index contributed by atoms with van der Waals surface area (Å²) in [7, 11) is 0. The number of aromatic amines is 1. The van der Waals surface area contributed by atoms with E-state index < -0.39 is 0 Å². The summed E-state index contributed by atoms with van der Waals surface area (Å²) in [6, 6.07) is 1.26. The lowest BCUT2D eigenvalue weighted by atomic mass is 10.3. The van der Waals surface area contributed by atoms with Gasteiger partial charge in [-0.2, -0.15) is 0 Å². The van der Waals surface area contributed by atoms with E-state index in [2.05, 4.69) is 19.9 Å². The van der Waals surface area contributed by atoms with Crippen molar-refractivity contribution in [1.29, 1.82) is 0 Å². The van der Waals surface area contributed by atoms with Gasteiger partial charge in [0.2, 0.25) is 0 Å². The molecular weight excluding hydrogens is 230 g/mol. The van der Waals surface area contributed by atoms with Crippen LogP contribution in [0.1, 0.15) is 11.4 Å². The number of nitrogens with one attached hydrogen (secondary N) is 1. The molecule has 2 aromatic heterocycles. The highest BCUT2D eigenvalue weighted by Crippen LogP contribution is 2.07. The third-order valence-electron chi connectivity index (χ3n) is 2.12. The Kier molecular flexibility index (Phi) is 2.57. The predicted octanol–water partition coefficient (Wildman–Crippen LogP) is 0.228. The third kappa shape index (κ3) is 1.87. The Balaban J connectivity index is 2.47. The zero-order chi connectivity index (χ0) is 11.7. The van der Waals surface area contributed by atoms with Gasteiger partial charge in [-0.3, -0.25) is 14.3 Å². The number of hydrogen-bond donors (Lipinski definition) is 2. The van der Waals surface area contributed by atoms with Gasteiger partial charge in [0.25, 0.3) is 5.56 Å². The normalized spacial score (nSPS) is 10.6. The van der Waals surface area contributed by atoms with Crippen LogP contribution in [0.4, 0.5) is 5.82 Å². The first-order valence-electron chi connectivity index (χ1n) is 4.45. The monoisotopic (exact) mass is 239 g/mol. The Morgan fingerprint density at radius 1 is 1.62 bits per heavy atom. The highest BCUT2D eigenvalue weighted by molar-refractivity contribution is 7.71. The Hall–Kier alpha value is -1.96. The second-order valence-corrected chi connectivity index (χ2v) is 3.63. The Bertz CT molecular complexity index is 626. The Morgan fingerprint density at radius 3 is 2.94 bits per heavy atom. The van der Waals surface area contributed by atoms with E-state index in [0.29, 0.717) is 17.9 Å². The number of nitrogen functional groups attached to an aromatic ring is 1. The molecule has 8 heteroatoms. The van der Waals surface area contributed by atoms with Crippen molar-refractivity contribution in [2.75, 3.05) is 5.73 Å². The molecule has 0 saturated carbocycles. The van der Waals surface area contributed by atoms with Crippen molar-refractivity contribution in [3.63, 3.8) is 0 Å². The molecular formula is C8H9N5O2S. The number of anilines is 1. The molecule has 0 radical (unpaired) electrons. The van der Waals surface area contributed by atoms with E-state index in [4.69, 9.17) is 18.0 Å². The van der Waals surface area contributed by atoms with E-state index in [0.717, 1.165) is 0 Å². The second-order valence-electron chi connectivity index (χ2n) is 3.25. The number of aryl methyl sites for hydroxylation is 1. The highest BCUT2D eigenvalue weighted by Gasteiger charge is 2.08. The topological polar surface area (TPSA) is 103 Å². The summed E-state index contributed by atoms with van der Waals surface area (Å²) in [5, 5.41) is 7.36. The van der Waals surface area contributed by atoms with Gasteiger partial charge in [0.05, 0.1) is 6.54 Å². The molecule has 0 amide bonds. The van der Waals surface area contributed by atoms with Crippen LogP contribution in [-0.4, -0.2) is 19.9 Å². The summed E-state index contributed by atoms with van der Waals surface area (Å²) >= 11 is 4.99. The molecule has 3 N–H and O–H groups in total. The number of nitrogens with zero attached hydrogens (tertiary/aromatic N) is 3. The molecule has 0 unspecified atom stereocenters. The molecule has 2 heterocycles. The number of nitrogens with two attached hydrogens (primary N) is 1. The first-order valence-corrected chi connectivity index (χ1v) is 4.86. The molecule has 0 aliphatic rings. The van der Waals surface area contributed by atoms with E-state index in [1.165, 1.54) is 6.07 Å². The van der Waals surface area contributed by atoms with Crippen LogP contribution >= 0.6 is 12.2 Å². The molecule has 0 aliphatic carbocycles. The van der Waals surface area contributed by atoms with Crippen LogP contribution in [0.25, 0.3) is 0 Å². The molecule has 0 saturated heterocycles. The van der Waals surface area contributed by atoms with E-state index in [1.807, 2.05) is 0 Å². The molecule has 0 fully saturated rings. The van der Waals surface area contributed by atoms with Crippen LogP contribution in [0.5, 0.6) is 0 Å². The van der Waals surface area contributed by atoms with Gasteiger partial charge in [-0.15, -0.1) is 0 Å². The highest BCUT2D eigenvalue weighted by atomic mass is 32.1. The first-order chi connectivity index (χ1) is 7.58. The minimum atomic E-state index is -0.325. The van der Waals surface area contributed by atoms with Crippen LogP contribution in [0.2, 0.25) is 0 Å². The summed E-state index contributed by atoms with van der Waals surface area (Å²) in [6.45, 7) is 2.08. The first kappa shape index (κ1) is 10.6. The van der Waals surface area contributed by atoms with E-state index in [-0.39, 0.29) is 16.1 Å². The lowest BCUT2D eigenvalue weighted by Gasteiger charge is -2.07. The average Bonchev–Trinajstić information content (AvgIpc) is 2.57. The smallest absolute Gasteiger partial charge is 0.253 e. The zero-order valence-electron chi connectivity index (χ0n) is 8.43. The van der Waals surface area contributed by atoms with Gasteiger partial charge < -0.3 is 5.73 Å². The van der Waals surface area contributed by atoms with Crippen LogP contribution in [0.3, 0.4) is 0 Å². The van der Waals surface area contributed by atoms with E-state index >= 15 is 0 Å². The van der Waals surface area contributed by atoms with Gasteiger partial charge in [0, 0.05) is 6.07 Å². The van der Waals surface area contributed by atoms with Crippen molar-refractivity contribution in [1.82, 2.24) is 19.9 Å². The maximum atomic E-state index is 11.1. The number of rotatable bonds is 2. The summed E-state index contributed by atoms with van der Waals surface area (Å²) in [5.41, 5.74) is 6.64. The van der Waals surface area contributed by atoms with Gasteiger partial charge in [-0.25, -0.2) is 4.63 Å². The van der Waals surface area contributed by atoms with Crippen molar-refractivity contribution < 1.29 is 4.63 Å². The fourth-order valence-corrected chi connectivity index (χ4v) is 1.51. The Labute approximate surface area is 94.9 Å². The van der Waals surface area contributed by atoms with Gasteiger partial charge in [-0.1, -0.05) is 10.3 Å². The summed E-state index contributed by atoms with van der Waals surface area (Å²) in [6.07, 6.45) is 0. The molecule has 0 aliphatic heterocycles. The van der Waals surface area contributed by atoms with Gasteiger partial charge in [0.1, 0.15) is 17.2 Å². The maximum absolute atomic E-state index is 11.1. The van der Waals surface area contributed by atoms with Crippen molar-refractivity contribution in [2.45, 2.75) is 13.5 Å². The largest absolute Gasteiger partial charge is 0.385 e. The van der Waals surface area contributed by atoms with Gasteiger partial charge in [-0.05, 0) is 19.1 Å². The van der Waals surface area contributed by atoms with Gasteiger partial charge >= 0.3 is 0 Å². The molecule has 0 bridgehead atoms. The van der Waals surface area contributed by atoms with Gasteiger partial charge in [0.15, 0.2) is 4.77 Å². The van der Waals surface area contributed by atoms with Crippen molar-refractivity contribution in [3.8, 4) is 0 Å². The molecule has 2 aromatic rings. The molecule has 0 spiro atoms. The molecule has 2 rings (SSSR count). The maximum Gasteiger partial charge on any atom is 0.253 e. The SMILES string of the molecule is Cc1nonc1Cn1c(N)cc(=O)[nH]c1=S. The second kappa shape index (κ2) is 3.89. The fourth-order valence-electron chi connectivity index (χ4n) is 1.24. The van der Waals surface area contributed by atoms with Crippen LogP contribution < -0.4 is 11.3 Å². The lowest BCUT2D eigenvalue weighted by Crippen LogP contribution is -2.17. The number of H-pyrrole nitrogens is 1. The van der Waals surface area contributed by atoms with Crippen molar-refractivity contribution >= 4 is 18.0 Å². The van der Waals surface area contributed by atoms with Crippen molar-refractivity contribution in [2.24, 2.45) is 0 Å². The number of hydrogen-bond acceptors (Lipinski definition) is 6. The lowest BCUT2D eigenvalue weighted by molar-refractivity contribution is 0.300. The molecule has 0 aromatic carbocycles. The quantitative estimate of drug-likeness (QED) is 0.727. The van der Waals surface area contributed by atoms with E-state index in [9.17, 15) is 4.79 Å². The predicted molar refractivity (Wildman–Crippen MR) is 58.4 cm³/mol.